The van der Waals surface area contributed by atoms with Crippen molar-refractivity contribution in [3.63, 3.8) is 0 Å². The molecular weight excluding hydrogens is 727 g/mol. The van der Waals surface area contributed by atoms with Crippen LogP contribution < -0.4 is 0 Å². The van der Waals surface area contributed by atoms with Crippen LogP contribution in [0.3, 0.4) is 0 Å². The molecule has 0 aromatic rings. The van der Waals surface area contributed by atoms with Crippen LogP contribution in [-0.2, 0) is 28.6 Å². The molecule has 344 valence electrons. The smallest absolute Gasteiger partial charge is 0.307 e. The summed E-state index contributed by atoms with van der Waals surface area (Å²) in [5.41, 5.74) is -0.725. The fourth-order valence-corrected chi connectivity index (χ4v) is 7.71. The second-order valence-electron chi connectivity index (χ2n) is 17.8. The van der Waals surface area contributed by atoms with Gasteiger partial charge in [0.05, 0.1) is 31.8 Å². The van der Waals surface area contributed by atoms with Crippen LogP contribution in [0, 0.1) is 0 Å². The summed E-state index contributed by atoms with van der Waals surface area (Å²) >= 11 is 0. The SMILES string of the molecule is CCCCCCCCCCCCCC(=O)OCCCCCCC(O)(CCCCCCOC(=O)CCCCCCCCCCCCC)CCCCOC(=O)CCN(C)C. The summed E-state index contributed by atoms with van der Waals surface area (Å²) in [4.78, 5) is 38.3. The topological polar surface area (TPSA) is 102 Å². The van der Waals surface area contributed by atoms with Gasteiger partial charge in [0.15, 0.2) is 0 Å². The zero-order valence-corrected chi connectivity index (χ0v) is 39.0. The average Bonchev–Trinajstić information content (AvgIpc) is 3.20. The summed E-state index contributed by atoms with van der Waals surface area (Å²) in [5, 5.41) is 11.7. The fraction of sp³-hybridized carbons (Fsp3) is 0.940. The summed E-state index contributed by atoms with van der Waals surface area (Å²) in [6.45, 7) is 6.58. The number of carbonyl (C=O) groups excluding carboxylic acids is 3. The Morgan fingerprint density at radius 2 is 0.638 bits per heavy atom. The Kier molecular flexibility index (Phi) is 42.2. The van der Waals surface area contributed by atoms with Gasteiger partial charge in [-0.15, -0.1) is 0 Å². The third kappa shape index (κ3) is 42.5. The second kappa shape index (κ2) is 43.4. The maximum atomic E-state index is 12.2. The molecule has 0 heterocycles. The number of unbranched alkanes of at least 4 members (excludes halogenated alkanes) is 27. The summed E-state index contributed by atoms with van der Waals surface area (Å²) < 4.78 is 16.4. The molecule has 1 N–H and O–H groups in total. The molecule has 0 aromatic carbocycles. The Labute approximate surface area is 359 Å². The van der Waals surface area contributed by atoms with Gasteiger partial charge in [0, 0.05) is 19.4 Å². The van der Waals surface area contributed by atoms with Gasteiger partial charge in [-0.05, 0) is 71.9 Å². The van der Waals surface area contributed by atoms with Gasteiger partial charge in [-0.3, -0.25) is 14.4 Å². The molecule has 0 saturated heterocycles. The van der Waals surface area contributed by atoms with Crippen molar-refractivity contribution in [2.75, 3.05) is 40.5 Å². The Bertz CT molecular complexity index is 858. The molecule has 0 bridgehead atoms. The van der Waals surface area contributed by atoms with E-state index in [0.29, 0.717) is 52.0 Å². The van der Waals surface area contributed by atoms with Crippen molar-refractivity contribution in [2.45, 2.75) is 263 Å². The van der Waals surface area contributed by atoms with Crippen molar-refractivity contribution >= 4 is 17.9 Å². The van der Waals surface area contributed by atoms with Crippen LogP contribution >= 0.6 is 0 Å². The van der Waals surface area contributed by atoms with E-state index < -0.39 is 5.60 Å². The molecule has 0 atom stereocenters. The van der Waals surface area contributed by atoms with Crippen molar-refractivity contribution in [1.82, 2.24) is 4.90 Å². The van der Waals surface area contributed by atoms with Crippen LogP contribution in [0.25, 0.3) is 0 Å². The third-order valence-corrected chi connectivity index (χ3v) is 11.6. The average molecular weight is 824 g/mol. The van der Waals surface area contributed by atoms with Crippen LogP contribution in [0.1, 0.15) is 258 Å². The first-order valence-electron chi connectivity index (χ1n) is 25.1. The standard InChI is InChI=1S/C50H97NO7/c1-5-7-9-11-13-15-17-19-21-23-29-37-47(52)56-44-34-27-25-31-40-50(55,42-33-36-46-58-49(54)39-43-51(3)4)41-32-26-28-35-45-57-48(53)38-30-24-22-20-18-16-14-12-10-8-6-2/h55H,5-46H2,1-4H3. The van der Waals surface area contributed by atoms with Gasteiger partial charge in [0.2, 0.25) is 0 Å². The van der Waals surface area contributed by atoms with Gasteiger partial charge < -0.3 is 24.2 Å². The molecule has 0 spiro atoms. The number of aliphatic hydroxyl groups is 1. The lowest BCUT2D eigenvalue weighted by molar-refractivity contribution is -0.144. The zero-order valence-electron chi connectivity index (χ0n) is 39.0. The molecule has 0 aliphatic heterocycles. The highest BCUT2D eigenvalue weighted by molar-refractivity contribution is 5.70. The van der Waals surface area contributed by atoms with Crippen molar-refractivity contribution in [3.05, 3.63) is 0 Å². The number of rotatable bonds is 46. The molecule has 58 heavy (non-hydrogen) atoms. The van der Waals surface area contributed by atoms with Crippen molar-refractivity contribution in [2.24, 2.45) is 0 Å². The van der Waals surface area contributed by atoms with E-state index in [1.165, 1.54) is 116 Å². The van der Waals surface area contributed by atoms with Gasteiger partial charge >= 0.3 is 17.9 Å². The highest BCUT2D eigenvalue weighted by atomic mass is 16.5. The first-order chi connectivity index (χ1) is 28.2. The third-order valence-electron chi connectivity index (χ3n) is 11.6. The minimum Gasteiger partial charge on any atom is -0.466 e. The Hall–Kier alpha value is -1.67. The molecule has 0 rings (SSSR count). The monoisotopic (exact) mass is 824 g/mol. The van der Waals surface area contributed by atoms with E-state index in [0.717, 1.165) is 103 Å². The van der Waals surface area contributed by atoms with E-state index in [1.54, 1.807) is 0 Å². The van der Waals surface area contributed by atoms with Gasteiger partial charge in [-0.2, -0.15) is 0 Å². The van der Waals surface area contributed by atoms with E-state index in [-0.39, 0.29) is 17.9 Å². The highest BCUT2D eigenvalue weighted by Crippen LogP contribution is 2.28. The highest BCUT2D eigenvalue weighted by Gasteiger charge is 2.25. The number of esters is 3. The molecule has 0 fully saturated rings. The summed E-state index contributed by atoms with van der Waals surface area (Å²) in [6.07, 6.45) is 40.9. The summed E-state index contributed by atoms with van der Waals surface area (Å²) in [6, 6.07) is 0. The van der Waals surface area contributed by atoms with Crippen LogP contribution in [-0.4, -0.2) is 74.0 Å². The number of ether oxygens (including phenoxy) is 3. The fourth-order valence-electron chi connectivity index (χ4n) is 7.71. The molecule has 0 aliphatic rings. The minimum atomic E-state index is -0.725. The molecular formula is C50H97NO7. The molecule has 0 saturated carbocycles. The first-order valence-corrected chi connectivity index (χ1v) is 25.1. The van der Waals surface area contributed by atoms with Crippen molar-refractivity contribution < 1.29 is 33.7 Å². The molecule has 8 nitrogen and oxygen atoms in total. The lowest BCUT2D eigenvalue weighted by atomic mass is 9.85. The second-order valence-corrected chi connectivity index (χ2v) is 17.8. The molecule has 0 aliphatic carbocycles. The van der Waals surface area contributed by atoms with E-state index in [9.17, 15) is 19.5 Å². The Morgan fingerprint density at radius 3 is 0.983 bits per heavy atom. The molecule has 0 aromatic heterocycles. The van der Waals surface area contributed by atoms with E-state index in [1.807, 2.05) is 19.0 Å². The number of hydrogen-bond acceptors (Lipinski definition) is 8. The number of hydrogen-bond donors (Lipinski definition) is 1. The largest absolute Gasteiger partial charge is 0.466 e. The predicted octanol–water partition coefficient (Wildman–Crippen LogP) is 13.8. The van der Waals surface area contributed by atoms with Crippen LogP contribution in [0.2, 0.25) is 0 Å². The number of carbonyl (C=O) groups is 3. The molecule has 0 unspecified atom stereocenters. The molecule has 0 amide bonds. The quantitative estimate of drug-likeness (QED) is 0.0368. The Balaban J connectivity index is 4.19. The van der Waals surface area contributed by atoms with Crippen LogP contribution in [0.15, 0.2) is 0 Å². The van der Waals surface area contributed by atoms with E-state index in [2.05, 4.69) is 13.8 Å². The van der Waals surface area contributed by atoms with Crippen LogP contribution in [0.5, 0.6) is 0 Å². The zero-order chi connectivity index (χ0) is 42.6. The molecule has 0 radical (unpaired) electrons. The summed E-state index contributed by atoms with van der Waals surface area (Å²) in [5.74, 6) is -0.290. The maximum Gasteiger partial charge on any atom is 0.307 e. The van der Waals surface area contributed by atoms with Crippen LogP contribution in [0.4, 0.5) is 0 Å². The number of nitrogens with zero attached hydrogens (tertiary/aromatic N) is 1. The van der Waals surface area contributed by atoms with Gasteiger partial charge in [-0.25, -0.2) is 0 Å². The minimum absolute atomic E-state index is 0.0635. The lowest BCUT2D eigenvalue weighted by Crippen LogP contribution is -2.29. The van der Waals surface area contributed by atoms with E-state index in [4.69, 9.17) is 14.2 Å². The normalized spacial score (nSPS) is 11.7. The Morgan fingerprint density at radius 1 is 0.379 bits per heavy atom. The van der Waals surface area contributed by atoms with Crippen molar-refractivity contribution in [1.29, 1.82) is 0 Å². The summed E-state index contributed by atoms with van der Waals surface area (Å²) in [7, 11) is 3.89. The van der Waals surface area contributed by atoms with Gasteiger partial charge in [0.25, 0.3) is 0 Å². The van der Waals surface area contributed by atoms with Crippen molar-refractivity contribution in [3.8, 4) is 0 Å². The lowest BCUT2D eigenvalue weighted by Gasteiger charge is -2.28. The van der Waals surface area contributed by atoms with Gasteiger partial charge in [-0.1, -0.05) is 181 Å². The molecule has 8 heteroatoms. The van der Waals surface area contributed by atoms with E-state index >= 15 is 0 Å². The first kappa shape index (κ1) is 56.3. The predicted molar refractivity (Wildman–Crippen MR) is 243 cm³/mol. The van der Waals surface area contributed by atoms with Gasteiger partial charge in [0.1, 0.15) is 0 Å². The maximum absolute atomic E-state index is 12.2.